The molecule has 1 fully saturated rings. The highest BCUT2D eigenvalue weighted by molar-refractivity contribution is 8.15. The van der Waals surface area contributed by atoms with Gasteiger partial charge in [-0.2, -0.15) is 5.10 Å². The number of halogens is 2. The molecule has 0 bridgehead atoms. The van der Waals surface area contributed by atoms with Gasteiger partial charge >= 0.3 is 0 Å². The Morgan fingerprint density at radius 1 is 1.19 bits per heavy atom. The van der Waals surface area contributed by atoms with Crippen LogP contribution in [0.1, 0.15) is 55.2 Å². The molecule has 0 radical (unpaired) electrons. The molecule has 3 nitrogen and oxygen atoms in total. The highest BCUT2D eigenvalue weighted by Crippen LogP contribution is 2.55. The van der Waals surface area contributed by atoms with Gasteiger partial charge < -0.3 is 5.32 Å². The molecule has 0 saturated carbocycles. The molecule has 2 heterocycles. The van der Waals surface area contributed by atoms with Crippen LogP contribution < -0.4 is 5.32 Å². The number of hydrogen-bond donors (Lipinski definition) is 1. The smallest absolute Gasteiger partial charge is 0.139 e. The van der Waals surface area contributed by atoms with Crippen molar-refractivity contribution < 1.29 is 8.78 Å². The van der Waals surface area contributed by atoms with E-state index in [4.69, 9.17) is 5.10 Å². The zero-order valence-electron chi connectivity index (χ0n) is 18.2. The Morgan fingerprint density at radius 2 is 2.06 bits per heavy atom. The Labute approximate surface area is 193 Å². The second-order valence-corrected chi connectivity index (χ2v) is 10.3. The molecule has 5 rings (SSSR count). The van der Waals surface area contributed by atoms with Crippen LogP contribution in [-0.2, 0) is 11.3 Å². The van der Waals surface area contributed by atoms with Gasteiger partial charge in [-0.25, -0.2) is 13.8 Å². The van der Waals surface area contributed by atoms with Crippen LogP contribution >= 0.6 is 11.8 Å². The summed E-state index contributed by atoms with van der Waals surface area (Å²) in [6, 6.07) is 12.1. The van der Waals surface area contributed by atoms with E-state index in [1.54, 1.807) is 11.8 Å². The minimum Gasteiger partial charge on any atom is -0.316 e. The number of rotatable bonds is 4. The summed E-state index contributed by atoms with van der Waals surface area (Å²) in [6.45, 7) is 6.52. The third-order valence-corrected chi connectivity index (χ3v) is 8.26. The van der Waals surface area contributed by atoms with Crippen molar-refractivity contribution in [1.29, 1.82) is 0 Å². The van der Waals surface area contributed by atoms with E-state index in [1.165, 1.54) is 42.5 Å². The average molecular weight is 454 g/mol. The summed E-state index contributed by atoms with van der Waals surface area (Å²) in [5.74, 6) is -0.391. The number of hydrazone groups is 1. The van der Waals surface area contributed by atoms with Crippen LogP contribution in [0.15, 0.2) is 59.8 Å². The Balaban J connectivity index is 1.54. The molecule has 2 aromatic rings. The number of allylic oxidation sites excluding steroid dienone is 1. The second-order valence-electron chi connectivity index (χ2n) is 9.07. The number of thioether (sulfide) groups is 1. The van der Waals surface area contributed by atoms with Crippen LogP contribution in [-0.4, -0.2) is 23.1 Å². The van der Waals surface area contributed by atoms with E-state index in [9.17, 15) is 8.78 Å². The van der Waals surface area contributed by atoms with Gasteiger partial charge in [0.2, 0.25) is 0 Å². The van der Waals surface area contributed by atoms with Crippen LogP contribution in [0.2, 0.25) is 0 Å². The molecule has 2 aromatic carbocycles. The van der Waals surface area contributed by atoms with Gasteiger partial charge in [-0.1, -0.05) is 49.0 Å². The molecule has 2 atom stereocenters. The maximum Gasteiger partial charge on any atom is 0.139 e. The lowest BCUT2D eigenvalue weighted by Gasteiger charge is -2.42. The Morgan fingerprint density at radius 3 is 2.97 bits per heavy atom. The first-order valence-corrected chi connectivity index (χ1v) is 12.4. The van der Waals surface area contributed by atoms with Gasteiger partial charge in [-0.3, -0.25) is 0 Å². The minimum atomic E-state index is -0.460. The fourth-order valence-corrected chi connectivity index (χ4v) is 6.80. The van der Waals surface area contributed by atoms with E-state index in [0.29, 0.717) is 11.0 Å². The van der Waals surface area contributed by atoms with Crippen molar-refractivity contribution in [3.05, 3.63) is 83.1 Å². The zero-order valence-corrected chi connectivity index (χ0v) is 19.1. The lowest BCUT2D eigenvalue weighted by molar-refractivity contribution is 0.199. The lowest BCUT2D eigenvalue weighted by Crippen LogP contribution is -2.40. The number of nitrogens with one attached hydrogen (secondary N) is 1. The van der Waals surface area contributed by atoms with Crippen molar-refractivity contribution in [2.75, 3.05) is 13.1 Å². The Kier molecular flexibility index (Phi) is 6.08. The van der Waals surface area contributed by atoms with E-state index in [2.05, 4.69) is 36.2 Å². The molecule has 1 saturated heterocycles. The summed E-state index contributed by atoms with van der Waals surface area (Å²) in [7, 11) is 0. The predicted octanol–water partition coefficient (Wildman–Crippen LogP) is 6.16. The van der Waals surface area contributed by atoms with Crippen LogP contribution in [0.3, 0.4) is 0 Å². The molecule has 2 aliphatic heterocycles. The third-order valence-electron chi connectivity index (χ3n) is 6.83. The van der Waals surface area contributed by atoms with Gasteiger partial charge in [0.1, 0.15) is 21.5 Å². The van der Waals surface area contributed by atoms with Crippen molar-refractivity contribution in [2.45, 2.75) is 49.8 Å². The largest absolute Gasteiger partial charge is 0.316 e. The summed E-state index contributed by atoms with van der Waals surface area (Å²) in [4.78, 5) is -0.460. The molecule has 1 N–H and O–H groups in total. The predicted molar refractivity (Wildman–Crippen MR) is 127 cm³/mol. The van der Waals surface area contributed by atoms with Crippen LogP contribution in [0.25, 0.3) is 0 Å². The SMILES string of the molecule is C=C(CC1CCCCNC1)N1N=C(c2cc(F)ccc2F)SC12CCCc1ccccc12. The first-order chi connectivity index (χ1) is 15.6. The molecule has 1 spiro atoms. The summed E-state index contributed by atoms with van der Waals surface area (Å²) in [5, 5.41) is 11.0. The van der Waals surface area contributed by atoms with E-state index in [0.717, 1.165) is 50.5 Å². The maximum atomic E-state index is 14.7. The van der Waals surface area contributed by atoms with E-state index < -0.39 is 16.5 Å². The normalized spacial score (nSPS) is 25.4. The number of fused-ring (bicyclic) bond motifs is 2. The highest BCUT2D eigenvalue weighted by Gasteiger charge is 2.49. The summed E-state index contributed by atoms with van der Waals surface area (Å²) < 4.78 is 28.7. The molecule has 32 heavy (non-hydrogen) atoms. The number of hydrogen-bond acceptors (Lipinski definition) is 4. The van der Waals surface area contributed by atoms with E-state index in [1.807, 2.05) is 5.01 Å². The standard InChI is InChI=1S/C26H29F2N3S/c1-18(15-19-7-4-5-14-29-17-19)31-26(13-6-9-20-8-2-3-10-23(20)26)32-25(30-31)22-16-21(27)11-12-24(22)28/h2-3,8,10-12,16,19,29H,1,4-7,9,13-15,17H2. The van der Waals surface area contributed by atoms with E-state index >= 15 is 0 Å². The number of aryl methyl sites for hydroxylation is 1. The molecular formula is C26H29F2N3S. The molecule has 0 amide bonds. The van der Waals surface area contributed by atoms with Gasteiger partial charge in [-0.15, -0.1) is 0 Å². The van der Waals surface area contributed by atoms with Crippen molar-refractivity contribution in [1.82, 2.24) is 10.3 Å². The Bertz CT molecular complexity index is 1050. The lowest BCUT2D eigenvalue weighted by atomic mass is 9.86. The first kappa shape index (κ1) is 21.7. The zero-order chi connectivity index (χ0) is 22.1. The van der Waals surface area contributed by atoms with Crippen molar-refractivity contribution in [3.8, 4) is 0 Å². The first-order valence-electron chi connectivity index (χ1n) is 11.6. The second kappa shape index (κ2) is 8.99. The van der Waals surface area contributed by atoms with Crippen molar-refractivity contribution in [2.24, 2.45) is 11.0 Å². The third kappa shape index (κ3) is 3.99. The average Bonchev–Trinajstić information content (AvgIpc) is 2.98. The molecule has 3 aliphatic rings. The summed E-state index contributed by atoms with van der Waals surface area (Å²) in [5.41, 5.74) is 3.70. The minimum absolute atomic E-state index is 0.226. The van der Waals surface area contributed by atoms with E-state index in [-0.39, 0.29) is 5.56 Å². The fraction of sp³-hybridized carbons (Fsp3) is 0.423. The molecule has 168 valence electrons. The fourth-order valence-electron chi connectivity index (χ4n) is 5.28. The highest BCUT2D eigenvalue weighted by atomic mass is 32.2. The van der Waals surface area contributed by atoms with Crippen molar-refractivity contribution >= 4 is 16.8 Å². The molecule has 2 unspecified atom stereocenters. The molecular weight excluding hydrogens is 424 g/mol. The van der Waals surface area contributed by atoms with Gasteiger partial charge in [0.25, 0.3) is 0 Å². The van der Waals surface area contributed by atoms with Gasteiger partial charge in [-0.05, 0) is 86.9 Å². The number of nitrogens with zero attached hydrogens (tertiary/aromatic N) is 2. The van der Waals surface area contributed by atoms with Crippen LogP contribution in [0.5, 0.6) is 0 Å². The summed E-state index contributed by atoms with van der Waals surface area (Å²) in [6.07, 6.45) is 7.38. The molecule has 0 aromatic heterocycles. The van der Waals surface area contributed by atoms with Gasteiger partial charge in [0.05, 0.1) is 0 Å². The Hall–Kier alpha value is -2.18. The van der Waals surface area contributed by atoms with Crippen LogP contribution in [0.4, 0.5) is 8.78 Å². The monoisotopic (exact) mass is 453 g/mol. The maximum absolute atomic E-state index is 14.7. The molecule has 1 aliphatic carbocycles. The van der Waals surface area contributed by atoms with Gasteiger partial charge in [0.15, 0.2) is 0 Å². The quantitative estimate of drug-likeness (QED) is 0.601. The number of benzene rings is 2. The molecule has 6 heteroatoms. The summed E-state index contributed by atoms with van der Waals surface area (Å²) >= 11 is 1.55. The van der Waals surface area contributed by atoms with Crippen molar-refractivity contribution in [3.63, 3.8) is 0 Å². The van der Waals surface area contributed by atoms with Crippen LogP contribution in [0, 0.1) is 17.6 Å². The topological polar surface area (TPSA) is 27.6 Å². The van der Waals surface area contributed by atoms with Gasteiger partial charge in [0, 0.05) is 11.3 Å².